The lowest BCUT2D eigenvalue weighted by molar-refractivity contribution is 0.612. The third kappa shape index (κ3) is 2.92. The van der Waals surface area contributed by atoms with Crippen LogP contribution in [0.15, 0.2) is 36.4 Å². The summed E-state index contributed by atoms with van der Waals surface area (Å²) in [7, 11) is 0. The van der Waals surface area contributed by atoms with E-state index in [0.29, 0.717) is 17.7 Å². The minimum atomic E-state index is -0.294. The van der Waals surface area contributed by atoms with Crippen LogP contribution in [0.1, 0.15) is 22.3 Å². The fourth-order valence-electron chi connectivity index (χ4n) is 2.06. The number of rotatable bonds is 3. The van der Waals surface area contributed by atoms with Crippen LogP contribution in [0.4, 0.5) is 10.1 Å². The summed E-state index contributed by atoms with van der Waals surface area (Å²) in [6, 6.07) is 12.4. The first-order valence-electron chi connectivity index (χ1n) is 6.10. The molecule has 0 unspecified atom stereocenters. The van der Waals surface area contributed by atoms with Crippen LogP contribution in [-0.2, 0) is 6.54 Å². The van der Waals surface area contributed by atoms with Crippen molar-refractivity contribution < 1.29 is 4.39 Å². The Morgan fingerprint density at radius 1 is 1.16 bits per heavy atom. The summed E-state index contributed by atoms with van der Waals surface area (Å²) >= 11 is 0. The van der Waals surface area contributed by atoms with Crippen LogP contribution in [0, 0.1) is 31.0 Å². The number of nitriles is 1. The van der Waals surface area contributed by atoms with E-state index < -0.39 is 0 Å². The first kappa shape index (κ1) is 13.1. The molecular weight excluding hydrogens is 239 g/mol. The minimum Gasteiger partial charge on any atom is -0.380 e. The molecule has 0 radical (unpaired) electrons. The van der Waals surface area contributed by atoms with E-state index in [9.17, 15) is 4.39 Å². The number of nitrogens with zero attached hydrogens (tertiary/aromatic N) is 1. The topological polar surface area (TPSA) is 35.8 Å². The maximum Gasteiger partial charge on any atom is 0.128 e. The van der Waals surface area contributed by atoms with Crippen molar-refractivity contribution in [2.75, 3.05) is 5.32 Å². The largest absolute Gasteiger partial charge is 0.380 e. The second kappa shape index (κ2) is 5.53. The Morgan fingerprint density at radius 3 is 2.47 bits per heavy atom. The Labute approximate surface area is 112 Å². The molecule has 0 aliphatic heterocycles. The molecule has 0 bridgehead atoms. The number of anilines is 1. The number of nitrogens with one attached hydrogen (secondary N) is 1. The van der Waals surface area contributed by atoms with E-state index in [2.05, 4.69) is 5.32 Å². The van der Waals surface area contributed by atoms with E-state index in [1.807, 2.05) is 38.1 Å². The van der Waals surface area contributed by atoms with Crippen molar-refractivity contribution in [3.05, 3.63) is 64.5 Å². The first-order chi connectivity index (χ1) is 9.11. The van der Waals surface area contributed by atoms with Crippen molar-refractivity contribution in [3.8, 4) is 6.07 Å². The molecule has 2 nitrogen and oxygen atoms in total. The number of hydrogen-bond acceptors (Lipinski definition) is 2. The number of hydrogen-bond donors (Lipinski definition) is 1. The lowest BCUT2D eigenvalue weighted by Crippen LogP contribution is -2.05. The van der Waals surface area contributed by atoms with E-state index in [-0.39, 0.29) is 5.82 Å². The summed E-state index contributed by atoms with van der Waals surface area (Å²) in [5.41, 5.74) is 4.24. The lowest BCUT2D eigenvalue weighted by atomic mass is 10.1. The highest BCUT2D eigenvalue weighted by Gasteiger charge is 2.06. The Bertz CT molecular complexity index is 621. The minimum absolute atomic E-state index is 0.294. The summed E-state index contributed by atoms with van der Waals surface area (Å²) in [4.78, 5) is 0. The van der Waals surface area contributed by atoms with Gasteiger partial charge in [-0.15, -0.1) is 0 Å². The van der Waals surface area contributed by atoms with E-state index in [1.54, 1.807) is 6.07 Å². The molecule has 0 spiro atoms. The number of benzene rings is 2. The van der Waals surface area contributed by atoms with Gasteiger partial charge in [0.25, 0.3) is 0 Å². The molecule has 0 heterocycles. The van der Waals surface area contributed by atoms with Crippen molar-refractivity contribution in [3.63, 3.8) is 0 Å². The van der Waals surface area contributed by atoms with Crippen LogP contribution in [0.3, 0.4) is 0 Å². The van der Waals surface area contributed by atoms with Crippen molar-refractivity contribution in [2.24, 2.45) is 0 Å². The van der Waals surface area contributed by atoms with Crippen molar-refractivity contribution >= 4 is 5.69 Å². The molecule has 96 valence electrons. The van der Waals surface area contributed by atoms with Crippen molar-refractivity contribution in [1.82, 2.24) is 0 Å². The fourth-order valence-corrected chi connectivity index (χ4v) is 2.06. The molecule has 2 aromatic carbocycles. The molecule has 2 aromatic rings. The molecule has 1 N–H and O–H groups in total. The molecule has 0 aromatic heterocycles. The first-order valence-corrected chi connectivity index (χ1v) is 6.10. The van der Waals surface area contributed by atoms with Gasteiger partial charge in [-0.3, -0.25) is 0 Å². The molecular formula is C16H15FN2. The standard InChI is InChI=1S/C16H15FN2/c1-11-4-3-5-12(2)16(11)19-10-14-8-13(9-18)6-7-15(14)17/h3-8,19H,10H2,1-2H3. The molecule has 0 fully saturated rings. The molecule has 0 atom stereocenters. The van der Waals surface area contributed by atoms with Gasteiger partial charge in [0, 0.05) is 17.8 Å². The summed E-state index contributed by atoms with van der Waals surface area (Å²) in [5.74, 6) is -0.294. The maximum atomic E-state index is 13.7. The smallest absolute Gasteiger partial charge is 0.128 e. The highest BCUT2D eigenvalue weighted by molar-refractivity contribution is 5.56. The van der Waals surface area contributed by atoms with Gasteiger partial charge < -0.3 is 5.32 Å². The van der Waals surface area contributed by atoms with Crippen LogP contribution in [-0.4, -0.2) is 0 Å². The van der Waals surface area contributed by atoms with Crippen LogP contribution >= 0.6 is 0 Å². The Hall–Kier alpha value is -2.34. The summed E-state index contributed by atoms with van der Waals surface area (Å²) in [5, 5.41) is 12.1. The lowest BCUT2D eigenvalue weighted by Gasteiger charge is -2.13. The second-order valence-electron chi connectivity index (χ2n) is 4.54. The third-order valence-electron chi connectivity index (χ3n) is 3.11. The summed E-state index contributed by atoms with van der Waals surface area (Å²) in [6.45, 7) is 4.39. The van der Waals surface area contributed by atoms with Crippen LogP contribution in [0.5, 0.6) is 0 Å². The van der Waals surface area contributed by atoms with Crippen LogP contribution < -0.4 is 5.32 Å². The zero-order chi connectivity index (χ0) is 13.8. The zero-order valence-corrected chi connectivity index (χ0v) is 11.0. The van der Waals surface area contributed by atoms with E-state index >= 15 is 0 Å². The summed E-state index contributed by atoms with van der Waals surface area (Å²) < 4.78 is 13.7. The molecule has 19 heavy (non-hydrogen) atoms. The molecule has 0 amide bonds. The number of halogens is 1. The van der Waals surface area contributed by atoms with Gasteiger partial charge in [0.05, 0.1) is 11.6 Å². The molecule has 3 heteroatoms. The molecule has 0 saturated heterocycles. The van der Waals surface area contributed by atoms with Gasteiger partial charge in [-0.1, -0.05) is 18.2 Å². The monoisotopic (exact) mass is 254 g/mol. The van der Waals surface area contributed by atoms with Crippen molar-refractivity contribution in [1.29, 1.82) is 5.26 Å². The maximum absolute atomic E-state index is 13.7. The Morgan fingerprint density at radius 2 is 1.84 bits per heavy atom. The van der Waals surface area contributed by atoms with Gasteiger partial charge in [0.2, 0.25) is 0 Å². The van der Waals surface area contributed by atoms with E-state index in [1.165, 1.54) is 12.1 Å². The van der Waals surface area contributed by atoms with Gasteiger partial charge >= 0.3 is 0 Å². The summed E-state index contributed by atoms with van der Waals surface area (Å²) in [6.07, 6.45) is 0. The average molecular weight is 254 g/mol. The van der Waals surface area contributed by atoms with Gasteiger partial charge in [-0.05, 0) is 43.2 Å². The predicted molar refractivity (Wildman–Crippen MR) is 74.4 cm³/mol. The Kier molecular flexibility index (Phi) is 3.82. The quantitative estimate of drug-likeness (QED) is 0.900. The van der Waals surface area contributed by atoms with Crippen LogP contribution in [0.2, 0.25) is 0 Å². The molecule has 0 aliphatic rings. The number of aryl methyl sites for hydroxylation is 2. The van der Waals surface area contributed by atoms with Gasteiger partial charge in [0.15, 0.2) is 0 Å². The van der Waals surface area contributed by atoms with Gasteiger partial charge in [-0.2, -0.15) is 5.26 Å². The second-order valence-corrected chi connectivity index (χ2v) is 4.54. The number of para-hydroxylation sites is 1. The SMILES string of the molecule is Cc1cccc(C)c1NCc1cc(C#N)ccc1F. The highest BCUT2D eigenvalue weighted by atomic mass is 19.1. The normalized spacial score (nSPS) is 10.0. The molecule has 0 aliphatic carbocycles. The van der Waals surface area contributed by atoms with Crippen molar-refractivity contribution in [2.45, 2.75) is 20.4 Å². The fraction of sp³-hybridized carbons (Fsp3) is 0.188. The molecule has 2 rings (SSSR count). The third-order valence-corrected chi connectivity index (χ3v) is 3.11. The Balaban J connectivity index is 2.22. The predicted octanol–water partition coefficient (Wildman–Crippen LogP) is 3.93. The highest BCUT2D eigenvalue weighted by Crippen LogP contribution is 2.21. The average Bonchev–Trinajstić information content (AvgIpc) is 2.40. The zero-order valence-electron chi connectivity index (χ0n) is 11.0. The van der Waals surface area contributed by atoms with Gasteiger partial charge in [-0.25, -0.2) is 4.39 Å². The van der Waals surface area contributed by atoms with E-state index in [4.69, 9.17) is 5.26 Å². The van der Waals surface area contributed by atoms with E-state index in [0.717, 1.165) is 16.8 Å². The van der Waals surface area contributed by atoms with Gasteiger partial charge in [0.1, 0.15) is 5.82 Å². The molecule has 0 saturated carbocycles. The van der Waals surface area contributed by atoms with Crippen LogP contribution in [0.25, 0.3) is 0 Å².